The number of amides is 2. The average molecular weight is 434 g/mol. The Morgan fingerprint density at radius 1 is 1.03 bits per heavy atom. The van der Waals surface area contributed by atoms with Gasteiger partial charge in [0, 0.05) is 45.7 Å². The van der Waals surface area contributed by atoms with Crippen molar-refractivity contribution in [2.24, 2.45) is 5.92 Å². The molecule has 7 nitrogen and oxygen atoms in total. The third-order valence-electron chi connectivity index (χ3n) is 5.42. The molecule has 1 aromatic heterocycles. The Kier molecular flexibility index (Phi) is 5.71. The van der Waals surface area contributed by atoms with Gasteiger partial charge in [-0.25, -0.2) is 8.42 Å². The lowest BCUT2D eigenvalue weighted by Crippen LogP contribution is -2.52. The largest absolute Gasteiger partial charge is 0.340 e. The van der Waals surface area contributed by atoms with Gasteiger partial charge in [0.1, 0.15) is 4.21 Å². The van der Waals surface area contributed by atoms with Crippen molar-refractivity contribution in [2.75, 3.05) is 32.7 Å². The number of hydrogen-bond donors (Lipinski definition) is 0. The van der Waals surface area contributed by atoms with Crippen LogP contribution in [0.2, 0.25) is 0 Å². The van der Waals surface area contributed by atoms with Gasteiger partial charge in [-0.1, -0.05) is 36.4 Å². The van der Waals surface area contributed by atoms with Gasteiger partial charge in [-0.05, 0) is 17.0 Å². The summed E-state index contributed by atoms with van der Waals surface area (Å²) in [7, 11) is -3.49. The molecule has 0 bridgehead atoms. The second-order valence-corrected chi connectivity index (χ2v) is 10.4. The minimum atomic E-state index is -3.49. The maximum absolute atomic E-state index is 12.9. The van der Waals surface area contributed by atoms with Crippen LogP contribution >= 0.6 is 11.3 Å². The summed E-state index contributed by atoms with van der Waals surface area (Å²) in [5, 5.41) is 1.74. The van der Waals surface area contributed by atoms with Gasteiger partial charge in [0.25, 0.3) is 10.0 Å². The van der Waals surface area contributed by atoms with E-state index in [0.717, 1.165) is 5.56 Å². The zero-order chi connectivity index (χ0) is 20.4. The third-order valence-corrected chi connectivity index (χ3v) is 8.69. The summed E-state index contributed by atoms with van der Waals surface area (Å²) in [5.41, 5.74) is 1.04. The molecule has 0 spiro atoms. The van der Waals surface area contributed by atoms with Crippen LogP contribution in [0, 0.1) is 5.92 Å². The van der Waals surface area contributed by atoms with Crippen LogP contribution in [0.15, 0.2) is 52.1 Å². The molecule has 1 atom stereocenters. The van der Waals surface area contributed by atoms with E-state index in [0.29, 0.717) is 30.4 Å². The van der Waals surface area contributed by atoms with E-state index >= 15 is 0 Å². The van der Waals surface area contributed by atoms with Crippen LogP contribution in [-0.2, 0) is 26.2 Å². The van der Waals surface area contributed by atoms with E-state index in [1.54, 1.807) is 27.3 Å². The quantitative estimate of drug-likeness (QED) is 0.718. The molecule has 2 amide bonds. The normalized spacial score (nSPS) is 21.0. The van der Waals surface area contributed by atoms with E-state index in [1.807, 2.05) is 30.3 Å². The summed E-state index contributed by atoms with van der Waals surface area (Å²) >= 11 is 1.20. The Hall–Kier alpha value is -2.23. The van der Waals surface area contributed by atoms with Crippen LogP contribution in [0.4, 0.5) is 0 Å². The van der Waals surface area contributed by atoms with Gasteiger partial charge < -0.3 is 9.80 Å². The first kappa shape index (κ1) is 20.1. The minimum absolute atomic E-state index is 0.00823. The molecule has 3 heterocycles. The molecule has 2 aliphatic heterocycles. The van der Waals surface area contributed by atoms with E-state index in [1.165, 1.54) is 15.6 Å². The highest BCUT2D eigenvalue weighted by atomic mass is 32.2. The minimum Gasteiger partial charge on any atom is -0.340 e. The summed E-state index contributed by atoms with van der Waals surface area (Å²) in [4.78, 5) is 28.7. The highest BCUT2D eigenvalue weighted by Gasteiger charge is 2.38. The monoisotopic (exact) mass is 433 g/mol. The Bertz CT molecular complexity index is 968. The SMILES string of the molecule is O=C1C[C@@H](C(=O)N2CCN(S(=O)(=O)c3cccs3)CC2)CN1Cc1ccccc1. The first-order valence-electron chi connectivity index (χ1n) is 9.59. The number of carbonyl (C=O) groups excluding carboxylic acids is 2. The van der Waals surface area contributed by atoms with Crippen molar-refractivity contribution in [2.45, 2.75) is 17.2 Å². The van der Waals surface area contributed by atoms with Crippen LogP contribution < -0.4 is 0 Å². The highest BCUT2D eigenvalue weighted by Crippen LogP contribution is 2.25. The second-order valence-electron chi connectivity index (χ2n) is 7.32. The molecule has 4 rings (SSSR count). The zero-order valence-electron chi connectivity index (χ0n) is 15.9. The van der Waals surface area contributed by atoms with Crippen molar-refractivity contribution >= 4 is 33.2 Å². The number of carbonyl (C=O) groups is 2. The molecule has 154 valence electrons. The van der Waals surface area contributed by atoms with Crippen LogP contribution in [0.1, 0.15) is 12.0 Å². The van der Waals surface area contributed by atoms with Gasteiger partial charge in [0.2, 0.25) is 11.8 Å². The summed E-state index contributed by atoms with van der Waals surface area (Å²) in [6.45, 7) is 2.19. The predicted octanol–water partition coefficient (Wildman–Crippen LogP) is 1.63. The fourth-order valence-electron chi connectivity index (χ4n) is 3.84. The van der Waals surface area contributed by atoms with Crippen LogP contribution in [0.3, 0.4) is 0 Å². The first-order chi connectivity index (χ1) is 13.9. The van der Waals surface area contributed by atoms with E-state index in [-0.39, 0.29) is 37.2 Å². The molecule has 0 radical (unpaired) electrons. The Labute approximate surface area is 174 Å². The van der Waals surface area contributed by atoms with E-state index in [2.05, 4.69) is 0 Å². The summed E-state index contributed by atoms with van der Waals surface area (Å²) in [6.07, 6.45) is 0.222. The molecule has 0 aliphatic carbocycles. The molecule has 9 heteroatoms. The lowest BCUT2D eigenvalue weighted by atomic mass is 10.1. The fraction of sp³-hybridized carbons (Fsp3) is 0.400. The molecule has 2 aliphatic rings. The molecule has 0 N–H and O–H groups in total. The van der Waals surface area contributed by atoms with Gasteiger partial charge in [-0.2, -0.15) is 4.31 Å². The number of thiophene rings is 1. The van der Waals surface area contributed by atoms with Gasteiger partial charge in [-0.3, -0.25) is 9.59 Å². The Morgan fingerprint density at radius 2 is 1.76 bits per heavy atom. The topological polar surface area (TPSA) is 78.0 Å². The smallest absolute Gasteiger partial charge is 0.252 e. The van der Waals surface area contributed by atoms with E-state index in [4.69, 9.17) is 0 Å². The van der Waals surface area contributed by atoms with Crippen molar-refractivity contribution in [1.82, 2.24) is 14.1 Å². The number of sulfonamides is 1. The van der Waals surface area contributed by atoms with Crippen molar-refractivity contribution in [3.63, 3.8) is 0 Å². The second kappa shape index (κ2) is 8.25. The van der Waals surface area contributed by atoms with Crippen molar-refractivity contribution in [1.29, 1.82) is 0 Å². The van der Waals surface area contributed by atoms with Crippen molar-refractivity contribution in [3.05, 3.63) is 53.4 Å². The van der Waals surface area contributed by atoms with Crippen LogP contribution in [-0.4, -0.2) is 67.1 Å². The van der Waals surface area contributed by atoms with Crippen LogP contribution in [0.5, 0.6) is 0 Å². The predicted molar refractivity (Wildman–Crippen MR) is 110 cm³/mol. The highest BCUT2D eigenvalue weighted by molar-refractivity contribution is 7.91. The maximum atomic E-state index is 12.9. The molecule has 2 aromatic rings. The van der Waals surface area contributed by atoms with Crippen molar-refractivity contribution < 1.29 is 18.0 Å². The molecular weight excluding hydrogens is 410 g/mol. The first-order valence-corrected chi connectivity index (χ1v) is 11.9. The third kappa shape index (κ3) is 4.22. The molecule has 2 fully saturated rings. The number of rotatable bonds is 5. The molecule has 2 saturated heterocycles. The fourth-order valence-corrected chi connectivity index (χ4v) is 6.41. The summed E-state index contributed by atoms with van der Waals surface area (Å²) in [6, 6.07) is 13.0. The lowest BCUT2D eigenvalue weighted by molar-refractivity contribution is -0.137. The molecule has 0 saturated carbocycles. The van der Waals surface area contributed by atoms with E-state index in [9.17, 15) is 18.0 Å². The number of nitrogens with zero attached hydrogens (tertiary/aromatic N) is 3. The van der Waals surface area contributed by atoms with Gasteiger partial charge in [-0.15, -0.1) is 11.3 Å². The molecular formula is C20H23N3O4S2. The zero-order valence-corrected chi connectivity index (χ0v) is 17.6. The Balaban J connectivity index is 1.34. The summed E-state index contributed by atoms with van der Waals surface area (Å²) in [5.74, 6) is -0.417. The molecule has 29 heavy (non-hydrogen) atoms. The van der Waals surface area contributed by atoms with Crippen molar-refractivity contribution in [3.8, 4) is 0 Å². The number of hydrogen-bond acceptors (Lipinski definition) is 5. The molecule has 0 unspecified atom stereocenters. The van der Waals surface area contributed by atoms with Crippen LogP contribution in [0.25, 0.3) is 0 Å². The maximum Gasteiger partial charge on any atom is 0.252 e. The average Bonchev–Trinajstić information content (AvgIpc) is 3.39. The Morgan fingerprint density at radius 3 is 2.41 bits per heavy atom. The van der Waals surface area contributed by atoms with Gasteiger partial charge in [0.15, 0.2) is 0 Å². The van der Waals surface area contributed by atoms with E-state index < -0.39 is 10.0 Å². The summed E-state index contributed by atoms with van der Waals surface area (Å²) < 4.78 is 27.0. The number of benzene rings is 1. The standard InChI is InChI=1S/C20H23N3O4S2/c24-18-13-17(15-22(18)14-16-5-2-1-3-6-16)20(25)21-8-10-23(11-9-21)29(26,27)19-7-4-12-28-19/h1-7,12,17H,8-11,13-15H2/t17-/m1/s1. The number of piperazine rings is 1. The molecule has 1 aromatic carbocycles. The van der Waals surface area contributed by atoms with Gasteiger partial charge >= 0.3 is 0 Å². The number of likely N-dealkylation sites (tertiary alicyclic amines) is 1. The van der Waals surface area contributed by atoms with Gasteiger partial charge in [0.05, 0.1) is 5.92 Å². The lowest BCUT2D eigenvalue weighted by Gasteiger charge is -2.34.